The van der Waals surface area contributed by atoms with Crippen molar-refractivity contribution in [2.75, 3.05) is 5.75 Å². The molecule has 0 saturated carbocycles. The topological polar surface area (TPSA) is 48.0 Å². The molecule has 0 radical (unpaired) electrons. The first-order valence-electron chi connectivity index (χ1n) is 7.04. The first kappa shape index (κ1) is 15.4. The molecule has 0 amide bonds. The van der Waals surface area contributed by atoms with Gasteiger partial charge in [-0.3, -0.25) is 9.36 Å². The molecule has 4 nitrogen and oxygen atoms in total. The van der Waals surface area contributed by atoms with E-state index >= 15 is 0 Å². The van der Waals surface area contributed by atoms with Crippen LogP contribution < -0.4 is 5.56 Å². The highest BCUT2D eigenvalue weighted by Crippen LogP contribution is 2.21. The van der Waals surface area contributed by atoms with Crippen LogP contribution in [0.1, 0.15) is 19.1 Å². The standard InChI is InChI=1S/C16H15BrN2O2S/c1-2-8-22-16-18-14-6-5-11(17)9-13(14)15(20)19(16)10-12-4-3-7-21-12/h3-7,9H,2,8,10H2,1H3. The summed E-state index contributed by atoms with van der Waals surface area (Å²) in [6.45, 7) is 2.51. The fourth-order valence-corrected chi connectivity index (χ4v) is 3.39. The minimum Gasteiger partial charge on any atom is -0.467 e. The van der Waals surface area contributed by atoms with Crippen LogP contribution in [0.5, 0.6) is 0 Å². The molecule has 0 spiro atoms. The molecule has 0 N–H and O–H groups in total. The van der Waals surface area contributed by atoms with Crippen molar-refractivity contribution in [1.82, 2.24) is 9.55 Å². The van der Waals surface area contributed by atoms with Crippen molar-refractivity contribution in [2.24, 2.45) is 0 Å². The molecule has 3 rings (SSSR count). The molecule has 114 valence electrons. The second-order valence-electron chi connectivity index (χ2n) is 4.87. The Bertz CT molecular complexity index is 843. The highest BCUT2D eigenvalue weighted by molar-refractivity contribution is 9.10. The van der Waals surface area contributed by atoms with Gasteiger partial charge in [0, 0.05) is 10.2 Å². The lowest BCUT2D eigenvalue weighted by Gasteiger charge is -2.12. The Morgan fingerprint density at radius 3 is 2.95 bits per heavy atom. The molecule has 0 atom stereocenters. The van der Waals surface area contributed by atoms with Crippen molar-refractivity contribution < 1.29 is 4.42 Å². The van der Waals surface area contributed by atoms with Crippen molar-refractivity contribution in [3.05, 3.63) is 57.2 Å². The van der Waals surface area contributed by atoms with Crippen LogP contribution in [-0.2, 0) is 6.54 Å². The third-order valence-corrected chi connectivity index (χ3v) is 4.89. The lowest BCUT2D eigenvalue weighted by molar-refractivity contribution is 0.476. The van der Waals surface area contributed by atoms with Crippen LogP contribution in [0.4, 0.5) is 0 Å². The molecule has 2 aromatic heterocycles. The highest BCUT2D eigenvalue weighted by atomic mass is 79.9. The number of hydrogen-bond donors (Lipinski definition) is 0. The average molecular weight is 379 g/mol. The average Bonchev–Trinajstić information content (AvgIpc) is 3.02. The van der Waals surface area contributed by atoms with Crippen LogP contribution in [0.25, 0.3) is 10.9 Å². The van der Waals surface area contributed by atoms with E-state index in [0.717, 1.165) is 33.1 Å². The molecule has 0 fully saturated rings. The van der Waals surface area contributed by atoms with E-state index in [1.807, 2.05) is 30.3 Å². The highest BCUT2D eigenvalue weighted by Gasteiger charge is 2.13. The summed E-state index contributed by atoms with van der Waals surface area (Å²) in [4.78, 5) is 17.5. The predicted molar refractivity (Wildman–Crippen MR) is 92.5 cm³/mol. The zero-order valence-electron chi connectivity index (χ0n) is 12.1. The van der Waals surface area contributed by atoms with Gasteiger partial charge in [-0.15, -0.1) is 0 Å². The molecule has 6 heteroatoms. The van der Waals surface area contributed by atoms with Gasteiger partial charge in [0.15, 0.2) is 5.16 Å². The number of rotatable bonds is 5. The van der Waals surface area contributed by atoms with E-state index in [9.17, 15) is 4.79 Å². The minimum atomic E-state index is -0.0405. The second kappa shape index (κ2) is 6.71. The number of nitrogens with zero attached hydrogens (tertiary/aromatic N) is 2. The Hall–Kier alpha value is -1.53. The van der Waals surface area contributed by atoms with Gasteiger partial charge in [-0.2, -0.15) is 0 Å². The van der Waals surface area contributed by atoms with E-state index in [2.05, 4.69) is 27.8 Å². The molecule has 0 aliphatic rings. The summed E-state index contributed by atoms with van der Waals surface area (Å²) >= 11 is 5.01. The maximum absolute atomic E-state index is 12.8. The molecule has 0 aliphatic heterocycles. The van der Waals surface area contributed by atoms with Crippen molar-refractivity contribution in [2.45, 2.75) is 25.0 Å². The number of fused-ring (bicyclic) bond motifs is 1. The number of benzene rings is 1. The van der Waals surface area contributed by atoms with Gasteiger partial charge in [0.25, 0.3) is 5.56 Å². The summed E-state index contributed by atoms with van der Waals surface area (Å²) in [5.74, 6) is 1.67. The molecule has 0 saturated heterocycles. The van der Waals surface area contributed by atoms with Gasteiger partial charge in [-0.1, -0.05) is 34.6 Å². The summed E-state index contributed by atoms with van der Waals surface area (Å²) in [6, 6.07) is 9.28. The van der Waals surface area contributed by atoms with Crippen LogP contribution >= 0.6 is 27.7 Å². The van der Waals surface area contributed by atoms with Crippen LogP contribution in [-0.4, -0.2) is 15.3 Å². The van der Waals surface area contributed by atoms with Gasteiger partial charge >= 0.3 is 0 Å². The first-order valence-corrected chi connectivity index (χ1v) is 8.82. The van der Waals surface area contributed by atoms with Gasteiger partial charge < -0.3 is 4.42 Å². The Morgan fingerprint density at radius 1 is 1.36 bits per heavy atom. The Balaban J connectivity index is 2.16. The Kier molecular flexibility index (Phi) is 4.69. The van der Waals surface area contributed by atoms with Crippen LogP contribution in [0.15, 0.2) is 55.4 Å². The van der Waals surface area contributed by atoms with Gasteiger partial charge in [0.1, 0.15) is 5.76 Å². The molecular weight excluding hydrogens is 364 g/mol. The van der Waals surface area contributed by atoms with E-state index in [0.29, 0.717) is 11.9 Å². The summed E-state index contributed by atoms with van der Waals surface area (Å²) in [5, 5.41) is 1.35. The zero-order valence-corrected chi connectivity index (χ0v) is 14.5. The van der Waals surface area contributed by atoms with Gasteiger partial charge in [0.2, 0.25) is 0 Å². The van der Waals surface area contributed by atoms with E-state index in [-0.39, 0.29) is 5.56 Å². The normalized spacial score (nSPS) is 11.2. The quantitative estimate of drug-likeness (QED) is 0.490. The Labute approximate surface area is 140 Å². The predicted octanol–water partition coefficient (Wildman–Crippen LogP) is 4.30. The van der Waals surface area contributed by atoms with Crippen molar-refractivity contribution in [3.63, 3.8) is 0 Å². The van der Waals surface area contributed by atoms with Crippen molar-refractivity contribution >= 4 is 38.6 Å². The molecule has 1 aromatic carbocycles. The maximum atomic E-state index is 12.8. The third-order valence-electron chi connectivity index (χ3n) is 3.21. The molecule has 0 unspecified atom stereocenters. The van der Waals surface area contributed by atoms with Gasteiger partial charge in [0.05, 0.1) is 23.7 Å². The SMILES string of the molecule is CCCSc1nc2ccc(Br)cc2c(=O)n1Cc1ccco1. The molecule has 22 heavy (non-hydrogen) atoms. The van der Waals surface area contributed by atoms with E-state index < -0.39 is 0 Å². The molecule has 2 heterocycles. The first-order chi connectivity index (χ1) is 10.7. The number of halogens is 1. The fourth-order valence-electron chi connectivity index (χ4n) is 2.17. The van der Waals surface area contributed by atoms with E-state index in [1.165, 1.54) is 0 Å². The number of hydrogen-bond acceptors (Lipinski definition) is 4. The lowest BCUT2D eigenvalue weighted by atomic mass is 10.2. The van der Waals surface area contributed by atoms with Crippen LogP contribution in [0.3, 0.4) is 0 Å². The van der Waals surface area contributed by atoms with E-state index in [1.54, 1.807) is 22.6 Å². The van der Waals surface area contributed by atoms with Crippen LogP contribution in [0.2, 0.25) is 0 Å². The molecular formula is C16H15BrN2O2S. The molecule has 0 aliphatic carbocycles. The number of furan rings is 1. The summed E-state index contributed by atoms with van der Waals surface area (Å²) in [6.07, 6.45) is 2.64. The fraction of sp³-hybridized carbons (Fsp3) is 0.250. The van der Waals surface area contributed by atoms with Crippen LogP contribution in [0, 0.1) is 0 Å². The lowest BCUT2D eigenvalue weighted by Crippen LogP contribution is -2.24. The number of thioether (sulfide) groups is 1. The number of aromatic nitrogens is 2. The third kappa shape index (κ3) is 3.13. The minimum absolute atomic E-state index is 0.0405. The summed E-state index contributed by atoms with van der Waals surface area (Å²) in [5.41, 5.74) is 0.684. The second-order valence-corrected chi connectivity index (χ2v) is 6.85. The summed E-state index contributed by atoms with van der Waals surface area (Å²) < 4.78 is 7.94. The van der Waals surface area contributed by atoms with Gasteiger partial charge in [-0.25, -0.2) is 4.98 Å². The smallest absolute Gasteiger partial charge is 0.262 e. The van der Waals surface area contributed by atoms with E-state index in [4.69, 9.17) is 4.42 Å². The van der Waals surface area contributed by atoms with Crippen molar-refractivity contribution in [3.8, 4) is 0 Å². The van der Waals surface area contributed by atoms with Crippen molar-refractivity contribution in [1.29, 1.82) is 0 Å². The monoisotopic (exact) mass is 378 g/mol. The maximum Gasteiger partial charge on any atom is 0.262 e. The van der Waals surface area contributed by atoms with Gasteiger partial charge in [-0.05, 0) is 36.8 Å². The molecule has 3 aromatic rings. The molecule has 0 bridgehead atoms. The zero-order chi connectivity index (χ0) is 15.5. The Morgan fingerprint density at radius 2 is 2.23 bits per heavy atom. The summed E-state index contributed by atoms with van der Waals surface area (Å²) in [7, 11) is 0. The largest absolute Gasteiger partial charge is 0.467 e.